The minimum Gasteiger partial charge on any atom is -0.386 e. The number of pyridine rings is 1. The Hall–Kier alpha value is -0.930. The predicted molar refractivity (Wildman–Crippen MR) is 78.1 cm³/mol. The number of hydrogen-bond donors (Lipinski definition) is 1. The average Bonchev–Trinajstić information content (AvgIpc) is 2.67. The molecule has 2 heterocycles. The number of aliphatic hydroxyl groups excluding tert-OH is 1. The van der Waals surface area contributed by atoms with Crippen LogP contribution in [0.3, 0.4) is 0 Å². The quantitative estimate of drug-likeness (QED) is 0.909. The van der Waals surface area contributed by atoms with Gasteiger partial charge in [-0.2, -0.15) is 0 Å². The van der Waals surface area contributed by atoms with Crippen molar-refractivity contribution in [1.82, 2.24) is 9.88 Å². The van der Waals surface area contributed by atoms with E-state index < -0.39 is 6.10 Å². The third kappa shape index (κ3) is 3.15. The van der Waals surface area contributed by atoms with Gasteiger partial charge in [0.25, 0.3) is 0 Å². The summed E-state index contributed by atoms with van der Waals surface area (Å²) in [6, 6.07) is 1.97. The van der Waals surface area contributed by atoms with Gasteiger partial charge in [-0.05, 0) is 58.3 Å². The maximum absolute atomic E-state index is 10.8. The van der Waals surface area contributed by atoms with E-state index in [1.807, 2.05) is 13.0 Å². The molecule has 1 atom stereocenters. The van der Waals surface area contributed by atoms with E-state index in [0.717, 1.165) is 24.2 Å². The fourth-order valence-electron chi connectivity index (χ4n) is 2.96. The second kappa shape index (κ2) is 6.02. The molecule has 1 aromatic rings. The molecule has 0 amide bonds. The highest BCUT2D eigenvalue weighted by molar-refractivity contribution is 5.26. The second-order valence-electron chi connectivity index (χ2n) is 6.19. The van der Waals surface area contributed by atoms with E-state index in [1.165, 1.54) is 25.7 Å². The van der Waals surface area contributed by atoms with Crippen molar-refractivity contribution in [2.75, 3.05) is 13.1 Å². The van der Waals surface area contributed by atoms with Crippen LogP contribution in [0.2, 0.25) is 0 Å². The number of hydrogen-bond acceptors (Lipinski definition) is 3. The number of aliphatic hydroxyl groups is 1. The monoisotopic (exact) mass is 262 g/mol. The molecule has 106 valence electrons. The van der Waals surface area contributed by atoms with Crippen LogP contribution in [0.25, 0.3) is 0 Å². The Morgan fingerprint density at radius 1 is 1.21 bits per heavy atom. The molecule has 1 unspecified atom stereocenters. The molecular formula is C16H26N2O. The summed E-state index contributed by atoms with van der Waals surface area (Å²) in [6.45, 7) is 8.51. The zero-order valence-electron chi connectivity index (χ0n) is 12.4. The van der Waals surface area contributed by atoms with Crippen LogP contribution in [0.15, 0.2) is 18.5 Å². The highest BCUT2D eigenvalue weighted by Crippen LogP contribution is 2.33. The smallest absolute Gasteiger partial charge is 0.0985 e. The van der Waals surface area contributed by atoms with Gasteiger partial charge in [-0.3, -0.25) is 9.88 Å². The topological polar surface area (TPSA) is 36.4 Å². The van der Waals surface area contributed by atoms with E-state index >= 15 is 0 Å². The molecule has 0 spiro atoms. The molecule has 1 saturated heterocycles. The summed E-state index contributed by atoms with van der Waals surface area (Å²) >= 11 is 0. The number of aryl methyl sites for hydroxylation is 1. The maximum Gasteiger partial charge on any atom is 0.0985 e. The van der Waals surface area contributed by atoms with Crippen molar-refractivity contribution in [2.45, 2.75) is 58.1 Å². The van der Waals surface area contributed by atoms with Crippen molar-refractivity contribution in [3.8, 4) is 0 Å². The van der Waals surface area contributed by atoms with E-state index in [2.05, 4.69) is 23.7 Å². The maximum atomic E-state index is 10.8. The van der Waals surface area contributed by atoms with E-state index in [9.17, 15) is 5.11 Å². The molecule has 3 nitrogen and oxygen atoms in total. The lowest BCUT2D eigenvalue weighted by molar-refractivity contribution is -0.0105. The van der Waals surface area contributed by atoms with Crippen molar-refractivity contribution in [3.63, 3.8) is 0 Å². The van der Waals surface area contributed by atoms with Gasteiger partial charge in [-0.25, -0.2) is 0 Å². The lowest BCUT2D eigenvalue weighted by Gasteiger charge is -2.42. The molecule has 1 aliphatic rings. The van der Waals surface area contributed by atoms with Crippen LogP contribution in [0.1, 0.15) is 56.8 Å². The number of aromatic nitrogens is 1. The standard InChI is InChI=1S/C16H26N2O/c1-13-8-9-17-12-14(13)15(19)16(2,3)18-10-6-4-5-7-11-18/h8-9,12,15,19H,4-7,10-11H2,1-3H3. The fourth-order valence-corrected chi connectivity index (χ4v) is 2.96. The van der Waals surface area contributed by atoms with Crippen LogP contribution in [-0.2, 0) is 0 Å². The molecule has 1 fully saturated rings. The number of likely N-dealkylation sites (tertiary alicyclic amines) is 1. The van der Waals surface area contributed by atoms with Crippen molar-refractivity contribution >= 4 is 0 Å². The van der Waals surface area contributed by atoms with Crippen LogP contribution in [0.5, 0.6) is 0 Å². The molecule has 0 radical (unpaired) electrons. The molecule has 1 aromatic heterocycles. The highest BCUT2D eigenvalue weighted by atomic mass is 16.3. The van der Waals surface area contributed by atoms with Crippen LogP contribution in [0, 0.1) is 6.92 Å². The number of rotatable bonds is 3. The molecule has 19 heavy (non-hydrogen) atoms. The summed E-state index contributed by atoms with van der Waals surface area (Å²) in [4.78, 5) is 6.61. The predicted octanol–water partition coefficient (Wildman–Crippen LogP) is 3.08. The van der Waals surface area contributed by atoms with E-state index in [1.54, 1.807) is 12.4 Å². The first-order chi connectivity index (χ1) is 9.03. The first-order valence-electron chi connectivity index (χ1n) is 7.37. The zero-order chi connectivity index (χ0) is 13.9. The summed E-state index contributed by atoms with van der Waals surface area (Å²) in [5.41, 5.74) is 1.83. The Labute approximate surface area is 116 Å². The molecule has 0 bridgehead atoms. The van der Waals surface area contributed by atoms with E-state index in [-0.39, 0.29) is 5.54 Å². The first-order valence-corrected chi connectivity index (χ1v) is 7.37. The van der Waals surface area contributed by atoms with Gasteiger partial charge in [-0.1, -0.05) is 12.8 Å². The average molecular weight is 262 g/mol. The second-order valence-corrected chi connectivity index (χ2v) is 6.19. The normalized spacial score (nSPS) is 20.0. The molecule has 2 rings (SSSR count). The van der Waals surface area contributed by atoms with Crippen molar-refractivity contribution in [1.29, 1.82) is 0 Å². The van der Waals surface area contributed by atoms with Gasteiger partial charge in [0.1, 0.15) is 0 Å². The Kier molecular flexibility index (Phi) is 4.58. The van der Waals surface area contributed by atoms with Crippen molar-refractivity contribution < 1.29 is 5.11 Å². The van der Waals surface area contributed by atoms with Crippen LogP contribution >= 0.6 is 0 Å². The van der Waals surface area contributed by atoms with Gasteiger partial charge in [0.15, 0.2) is 0 Å². The van der Waals surface area contributed by atoms with Crippen LogP contribution < -0.4 is 0 Å². The summed E-state index contributed by atoms with van der Waals surface area (Å²) in [5, 5.41) is 10.8. The Balaban J connectivity index is 2.20. The summed E-state index contributed by atoms with van der Waals surface area (Å²) < 4.78 is 0. The minimum absolute atomic E-state index is 0.238. The third-order valence-electron chi connectivity index (χ3n) is 4.46. The summed E-state index contributed by atoms with van der Waals surface area (Å²) in [6.07, 6.45) is 8.21. The molecule has 0 saturated carbocycles. The molecule has 0 aliphatic carbocycles. The van der Waals surface area contributed by atoms with Gasteiger partial charge in [0.05, 0.1) is 6.10 Å². The van der Waals surface area contributed by atoms with Gasteiger partial charge >= 0.3 is 0 Å². The van der Waals surface area contributed by atoms with Crippen LogP contribution in [-0.4, -0.2) is 33.6 Å². The van der Waals surface area contributed by atoms with E-state index in [4.69, 9.17) is 0 Å². The van der Waals surface area contributed by atoms with E-state index in [0.29, 0.717) is 0 Å². The highest BCUT2D eigenvalue weighted by Gasteiger charge is 2.36. The molecular weight excluding hydrogens is 236 g/mol. The molecule has 1 N–H and O–H groups in total. The third-order valence-corrected chi connectivity index (χ3v) is 4.46. The summed E-state index contributed by atoms with van der Waals surface area (Å²) in [7, 11) is 0. The Bertz CT molecular complexity index is 409. The lowest BCUT2D eigenvalue weighted by atomic mass is 9.88. The number of nitrogens with zero attached hydrogens (tertiary/aromatic N) is 2. The lowest BCUT2D eigenvalue weighted by Crippen LogP contribution is -2.49. The van der Waals surface area contributed by atoms with Crippen LogP contribution in [0.4, 0.5) is 0 Å². The zero-order valence-corrected chi connectivity index (χ0v) is 12.4. The molecule has 0 aromatic carbocycles. The van der Waals surface area contributed by atoms with Crippen molar-refractivity contribution in [3.05, 3.63) is 29.6 Å². The fraction of sp³-hybridized carbons (Fsp3) is 0.688. The minimum atomic E-state index is -0.487. The Morgan fingerprint density at radius 2 is 1.84 bits per heavy atom. The van der Waals surface area contributed by atoms with Gasteiger partial charge in [0, 0.05) is 23.5 Å². The first kappa shape index (κ1) is 14.5. The largest absolute Gasteiger partial charge is 0.386 e. The molecule has 1 aliphatic heterocycles. The Morgan fingerprint density at radius 3 is 2.42 bits per heavy atom. The van der Waals surface area contributed by atoms with Gasteiger partial charge < -0.3 is 5.11 Å². The summed E-state index contributed by atoms with van der Waals surface area (Å²) in [5.74, 6) is 0. The van der Waals surface area contributed by atoms with Gasteiger partial charge in [-0.15, -0.1) is 0 Å². The van der Waals surface area contributed by atoms with Crippen molar-refractivity contribution in [2.24, 2.45) is 0 Å². The molecule has 3 heteroatoms. The SMILES string of the molecule is Cc1ccncc1C(O)C(C)(C)N1CCCCCC1. The van der Waals surface area contributed by atoms with Gasteiger partial charge in [0.2, 0.25) is 0 Å².